The molecule has 0 aliphatic carbocycles. The molecule has 2 aliphatic rings. The smallest absolute Gasteiger partial charge is 0.584 e. The molecular weight excluding hydrogens is 235 g/mol. The van der Waals surface area contributed by atoms with Crippen LogP contribution in [0, 0.1) is 11.8 Å². The second-order valence-electron chi connectivity index (χ2n) is 3.77. The Morgan fingerprint density at radius 3 is 1.18 bits per heavy atom. The van der Waals surface area contributed by atoms with Crippen molar-refractivity contribution >= 4 is 30.8 Å². The SMILES string of the molecule is CC1C(=O)O[B-]2(OC1=O)OC(=O)C(C)C(=O)O2. The lowest BCUT2D eigenvalue weighted by Crippen LogP contribution is -2.63. The highest BCUT2D eigenvalue weighted by Crippen LogP contribution is 2.27. The van der Waals surface area contributed by atoms with E-state index < -0.39 is 42.7 Å². The van der Waals surface area contributed by atoms with E-state index >= 15 is 0 Å². The predicted molar refractivity (Wildman–Crippen MR) is 48.5 cm³/mol. The predicted octanol–water partition coefficient (Wildman–Crippen LogP) is -1.11. The minimum Gasteiger partial charge on any atom is -0.584 e. The van der Waals surface area contributed by atoms with Gasteiger partial charge in [-0.2, -0.15) is 0 Å². The highest BCUT2D eigenvalue weighted by molar-refractivity contribution is 6.63. The Morgan fingerprint density at radius 2 is 0.941 bits per heavy atom. The molecule has 2 aliphatic heterocycles. The van der Waals surface area contributed by atoms with E-state index in [-0.39, 0.29) is 0 Å². The fraction of sp³-hybridized carbons (Fsp3) is 0.500. The molecule has 0 amide bonds. The lowest BCUT2D eigenvalue weighted by Gasteiger charge is -2.45. The van der Waals surface area contributed by atoms with Crippen molar-refractivity contribution in [2.45, 2.75) is 13.8 Å². The van der Waals surface area contributed by atoms with Crippen molar-refractivity contribution in [3.8, 4) is 0 Å². The van der Waals surface area contributed by atoms with E-state index in [4.69, 9.17) is 0 Å². The third kappa shape index (κ3) is 1.73. The Balaban J connectivity index is 2.26. The van der Waals surface area contributed by atoms with E-state index in [9.17, 15) is 19.2 Å². The number of hydrogen-bond acceptors (Lipinski definition) is 8. The molecule has 0 aromatic heterocycles. The second-order valence-corrected chi connectivity index (χ2v) is 3.77. The summed E-state index contributed by atoms with van der Waals surface area (Å²) in [7, 11) is 0. The van der Waals surface area contributed by atoms with E-state index in [0.717, 1.165) is 0 Å². The Morgan fingerprint density at radius 1 is 0.706 bits per heavy atom. The van der Waals surface area contributed by atoms with Gasteiger partial charge in [0.05, 0.1) is 0 Å². The molecule has 0 unspecified atom stereocenters. The summed E-state index contributed by atoms with van der Waals surface area (Å²) in [4.78, 5) is 45.1. The summed E-state index contributed by atoms with van der Waals surface area (Å²) in [6.45, 7) is -0.913. The Kier molecular flexibility index (Phi) is 2.33. The molecule has 1 spiro atoms. The topological polar surface area (TPSA) is 105 Å². The van der Waals surface area contributed by atoms with Gasteiger partial charge in [-0.25, -0.2) is 0 Å². The lowest BCUT2D eigenvalue weighted by atomic mass is 9.95. The Bertz CT molecular complexity index is 350. The van der Waals surface area contributed by atoms with Crippen LogP contribution in [0.25, 0.3) is 0 Å². The van der Waals surface area contributed by atoms with Gasteiger partial charge in [0, 0.05) is 0 Å². The molecular formula is C8H8BO8-. The maximum absolute atomic E-state index is 11.3. The van der Waals surface area contributed by atoms with Crippen LogP contribution < -0.4 is 0 Å². The first-order chi connectivity index (χ1) is 7.84. The van der Waals surface area contributed by atoms with Gasteiger partial charge in [0.1, 0.15) is 11.8 Å². The van der Waals surface area contributed by atoms with Crippen LogP contribution in [-0.4, -0.2) is 30.8 Å². The number of carbonyl (C=O) groups is 4. The first-order valence-corrected chi connectivity index (χ1v) is 4.89. The van der Waals surface area contributed by atoms with Crippen molar-refractivity contribution in [1.29, 1.82) is 0 Å². The van der Waals surface area contributed by atoms with Gasteiger partial charge in [0.2, 0.25) is 0 Å². The molecule has 0 atom stereocenters. The van der Waals surface area contributed by atoms with Crippen molar-refractivity contribution in [2.24, 2.45) is 11.8 Å². The minimum absolute atomic E-state index is 0.976. The lowest BCUT2D eigenvalue weighted by molar-refractivity contribution is -0.185. The first-order valence-electron chi connectivity index (χ1n) is 4.89. The third-order valence-corrected chi connectivity index (χ3v) is 2.46. The van der Waals surface area contributed by atoms with Crippen LogP contribution in [-0.2, 0) is 37.8 Å². The Labute approximate surface area is 95.2 Å². The van der Waals surface area contributed by atoms with Crippen molar-refractivity contribution in [2.75, 3.05) is 0 Å². The average molecular weight is 243 g/mol. The van der Waals surface area contributed by atoms with E-state index in [1.54, 1.807) is 0 Å². The number of hydrogen-bond donors (Lipinski definition) is 0. The highest BCUT2D eigenvalue weighted by Gasteiger charge is 2.57. The maximum Gasteiger partial charge on any atom is 0.784 e. The molecule has 8 nitrogen and oxygen atoms in total. The van der Waals surface area contributed by atoms with Crippen molar-refractivity contribution in [3.05, 3.63) is 0 Å². The molecule has 2 fully saturated rings. The van der Waals surface area contributed by atoms with Gasteiger partial charge < -0.3 is 18.6 Å². The molecule has 0 bridgehead atoms. The van der Waals surface area contributed by atoms with Crippen molar-refractivity contribution < 1.29 is 37.8 Å². The number of rotatable bonds is 0. The zero-order chi connectivity index (χ0) is 12.8. The second kappa shape index (κ2) is 3.47. The summed E-state index contributed by atoms with van der Waals surface area (Å²) in [5.41, 5.74) is 0. The minimum atomic E-state index is -3.42. The quantitative estimate of drug-likeness (QED) is 0.389. The van der Waals surface area contributed by atoms with Gasteiger partial charge in [-0.15, -0.1) is 0 Å². The summed E-state index contributed by atoms with van der Waals surface area (Å²) < 4.78 is 18.3. The van der Waals surface area contributed by atoms with Gasteiger partial charge in [-0.3, -0.25) is 19.2 Å². The summed E-state index contributed by atoms with van der Waals surface area (Å²) in [5.74, 6) is -6.21. The normalized spacial score (nSPS) is 37.1. The van der Waals surface area contributed by atoms with E-state index in [1.807, 2.05) is 0 Å². The van der Waals surface area contributed by atoms with Crippen molar-refractivity contribution in [1.82, 2.24) is 0 Å². The van der Waals surface area contributed by atoms with Gasteiger partial charge in [-0.1, -0.05) is 0 Å². The maximum atomic E-state index is 11.3. The summed E-state index contributed by atoms with van der Waals surface area (Å²) in [6.07, 6.45) is 0. The van der Waals surface area contributed by atoms with Crippen molar-refractivity contribution in [3.63, 3.8) is 0 Å². The van der Waals surface area contributed by atoms with Crippen LogP contribution in [0.15, 0.2) is 0 Å². The highest BCUT2D eigenvalue weighted by atomic mass is 16.9. The van der Waals surface area contributed by atoms with Crippen LogP contribution in [0.5, 0.6) is 0 Å². The molecule has 0 saturated carbocycles. The molecule has 9 heteroatoms. The largest absolute Gasteiger partial charge is 0.784 e. The third-order valence-electron chi connectivity index (χ3n) is 2.46. The van der Waals surface area contributed by atoms with E-state index in [0.29, 0.717) is 0 Å². The molecule has 17 heavy (non-hydrogen) atoms. The first kappa shape index (κ1) is 11.4. The zero-order valence-corrected chi connectivity index (χ0v) is 9.00. The van der Waals surface area contributed by atoms with Crippen LogP contribution in [0.2, 0.25) is 0 Å². The zero-order valence-electron chi connectivity index (χ0n) is 9.00. The molecule has 0 aromatic rings. The van der Waals surface area contributed by atoms with Crippen LogP contribution in [0.3, 0.4) is 0 Å². The Hall–Kier alpha value is -2.06. The van der Waals surface area contributed by atoms with Gasteiger partial charge in [-0.05, 0) is 13.8 Å². The molecule has 92 valence electrons. The molecule has 2 rings (SSSR count). The summed E-state index contributed by atoms with van der Waals surface area (Å²) in [5, 5.41) is 0. The molecule has 0 aromatic carbocycles. The fourth-order valence-corrected chi connectivity index (χ4v) is 1.31. The number of carbonyl (C=O) groups excluding carboxylic acids is 4. The van der Waals surface area contributed by atoms with E-state index in [1.165, 1.54) is 13.8 Å². The van der Waals surface area contributed by atoms with Crippen LogP contribution in [0.4, 0.5) is 0 Å². The van der Waals surface area contributed by atoms with Gasteiger partial charge in [0.25, 0.3) is 23.9 Å². The van der Waals surface area contributed by atoms with E-state index in [2.05, 4.69) is 18.6 Å². The van der Waals surface area contributed by atoms with Gasteiger partial charge >= 0.3 is 6.96 Å². The fourth-order valence-electron chi connectivity index (χ4n) is 1.31. The van der Waals surface area contributed by atoms with Crippen LogP contribution in [0.1, 0.15) is 13.8 Å². The molecule has 2 heterocycles. The average Bonchev–Trinajstić information content (AvgIpc) is 2.22. The monoisotopic (exact) mass is 243 g/mol. The van der Waals surface area contributed by atoms with Crippen LogP contribution >= 0.6 is 0 Å². The summed E-state index contributed by atoms with van der Waals surface area (Å²) >= 11 is 0. The molecule has 0 N–H and O–H groups in total. The van der Waals surface area contributed by atoms with Gasteiger partial charge in [0.15, 0.2) is 0 Å². The standard InChI is InChI=1S/C8H8BO8/c1-3-5(10)14-9(15-6(3)11)16-7(12)4(2)8(13)17-9/h3-4H,1-2H3/q-1. The molecule has 0 radical (unpaired) electrons. The summed E-state index contributed by atoms with van der Waals surface area (Å²) in [6, 6.07) is 0. The molecule has 2 saturated heterocycles.